The zero-order valence-electron chi connectivity index (χ0n) is 11.9. The van der Waals surface area contributed by atoms with Gasteiger partial charge in [-0.15, -0.1) is 0 Å². The minimum atomic E-state index is 0.137. The number of rotatable bonds is 6. The fourth-order valence-electron chi connectivity index (χ4n) is 2.41. The molecule has 1 amide bonds. The predicted molar refractivity (Wildman–Crippen MR) is 75.7 cm³/mol. The first-order chi connectivity index (χ1) is 9.13. The molecule has 0 atom stereocenters. The number of nitrogens with zero attached hydrogens (tertiary/aromatic N) is 1. The van der Waals surface area contributed by atoms with Crippen molar-refractivity contribution >= 4 is 5.91 Å². The third kappa shape index (κ3) is 3.80. The van der Waals surface area contributed by atoms with E-state index in [0.717, 1.165) is 26.2 Å². The fraction of sp³-hybridized carbons (Fsp3) is 0.562. The molecule has 0 saturated carbocycles. The van der Waals surface area contributed by atoms with Crippen molar-refractivity contribution in [2.75, 3.05) is 19.8 Å². The van der Waals surface area contributed by atoms with Crippen LogP contribution in [0.25, 0.3) is 0 Å². The predicted octanol–water partition coefficient (Wildman–Crippen LogP) is 2.85. The lowest BCUT2D eigenvalue weighted by atomic mass is 9.87. The smallest absolute Gasteiger partial charge is 0.222 e. The molecular formula is C16H23NO2. The Bertz CT molecular complexity index is 412. The minimum Gasteiger partial charge on any atom is -0.380 e. The van der Waals surface area contributed by atoms with E-state index in [9.17, 15) is 4.79 Å². The quantitative estimate of drug-likeness (QED) is 0.788. The zero-order valence-corrected chi connectivity index (χ0v) is 11.9. The van der Waals surface area contributed by atoms with Crippen LogP contribution >= 0.6 is 0 Å². The summed E-state index contributed by atoms with van der Waals surface area (Å²) in [4.78, 5) is 14.2. The maximum atomic E-state index is 12.3. The first-order valence-corrected chi connectivity index (χ1v) is 7.02. The van der Waals surface area contributed by atoms with E-state index in [1.807, 2.05) is 30.0 Å². The summed E-state index contributed by atoms with van der Waals surface area (Å²) >= 11 is 0. The normalized spacial score (nSPS) is 16.7. The first kappa shape index (κ1) is 14.1. The molecule has 0 aliphatic carbocycles. The summed E-state index contributed by atoms with van der Waals surface area (Å²) in [5.41, 5.74) is 1.33. The standard InChI is InChI=1S/C16H23NO2/c1-3-7-15(18)17(11-16(2)12-19-13-16)10-14-8-5-4-6-9-14/h4-6,8-9H,3,7,10-13H2,1-2H3. The van der Waals surface area contributed by atoms with Crippen LogP contribution in [0.2, 0.25) is 0 Å². The van der Waals surface area contributed by atoms with Crippen LogP contribution in [-0.2, 0) is 16.1 Å². The largest absolute Gasteiger partial charge is 0.380 e. The lowest BCUT2D eigenvalue weighted by Crippen LogP contribution is -2.50. The Balaban J connectivity index is 2.03. The highest BCUT2D eigenvalue weighted by Gasteiger charge is 2.36. The second-order valence-electron chi connectivity index (χ2n) is 5.79. The molecule has 0 spiro atoms. The number of carbonyl (C=O) groups excluding carboxylic acids is 1. The molecule has 1 aliphatic rings. The highest BCUT2D eigenvalue weighted by Crippen LogP contribution is 2.28. The second-order valence-corrected chi connectivity index (χ2v) is 5.79. The SMILES string of the molecule is CCCC(=O)N(Cc1ccccc1)CC1(C)COC1. The van der Waals surface area contributed by atoms with Crippen molar-refractivity contribution in [1.82, 2.24) is 4.90 Å². The van der Waals surface area contributed by atoms with Crippen LogP contribution in [-0.4, -0.2) is 30.6 Å². The van der Waals surface area contributed by atoms with Gasteiger partial charge in [0.15, 0.2) is 0 Å². The van der Waals surface area contributed by atoms with Gasteiger partial charge in [-0.3, -0.25) is 4.79 Å². The molecule has 19 heavy (non-hydrogen) atoms. The summed E-state index contributed by atoms with van der Waals surface area (Å²) in [6.45, 7) is 7.26. The summed E-state index contributed by atoms with van der Waals surface area (Å²) in [5, 5.41) is 0. The van der Waals surface area contributed by atoms with Gasteiger partial charge in [0.1, 0.15) is 0 Å². The Hall–Kier alpha value is -1.35. The molecule has 1 saturated heterocycles. The van der Waals surface area contributed by atoms with Gasteiger partial charge >= 0.3 is 0 Å². The first-order valence-electron chi connectivity index (χ1n) is 7.02. The van der Waals surface area contributed by atoms with Gasteiger partial charge < -0.3 is 9.64 Å². The Morgan fingerprint density at radius 2 is 2.00 bits per heavy atom. The van der Waals surface area contributed by atoms with E-state index in [1.165, 1.54) is 5.56 Å². The fourth-order valence-corrected chi connectivity index (χ4v) is 2.41. The van der Waals surface area contributed by atoms with Gasteiger partial charge in [0.25, 0.3) is 0 Å². The molecule has 1 aliphatic heterocycles. The molecule has 0 bridgehead atoms. The Kier molecular flexibility index (Phi) is 4.59. The summed E-state index contributed by atoms with van der Waals surface area (Å²) in [6, 6.07) is 10.2. The van der Waals surface area contributed by atoms with Gasteiger partial charge in [0.2, 0.25) is 5.91 Å². The summed E-state index contributed by atoms with van der Waals surface area (Å²) in [7, 11) is 0. The van der Waals surface area contributed by atoms with Crippen molar-refractivity contribution in [1.29, 1.82) is 0 Å². The Morgan fingerprint density at radius 3 is 2.53 bits per heavy atom. The number of hydrogen-bond donors (Lipinski definition) is 0. The van der Waals surface area contributed by atoms with Crippen molar-refractivity contribution in [3.05, 3.63) is 35.9 Å². The molecule has 104 valence electrons. The van der Waals surface area contributed by atoms with Gasteiger partial charge in [-0.1, -0.05) is 44.2 Å². The van der Waals surface area contributed by atoms with Gasteiger partial charge in [-0.25, -0.2) is 0 Å². The van der Waals surface area contributed by atoms with Crippen LogP contribution in [0.15, 0.2) is 30.3 Å². The van der Waals surface area contributed by atoms with Crippen molar-refractivity contribution < 1.29 is 9.53 Å². The summed E-state index contributed by atoms with van der Waals surface area (Å²) < 4.78 is 5.29. The maximum absolute atomic E-state index is 12.3. The van der Waals surface area contributed by atoms with E-state index >= 15 is 0 Å². The van der Waals surface area contributed by atoms with Crippen molar-refractivity contribution in [3.8, 4) is 0 Å². The van der Waals surface area contributed by atoms with Gasteiger partial charge in [-0.05, 0) is 12.0 Å². The van der Waals surface area contributed by atoms with Crippen LogP contribution in [0.3, 0.4) is 0 Å². The average molecular weight is 261 g/mol. The molecular weight excluding hydrogens is 238 g/mol. The van der Waals surface area contributed by atoms with Crippen molar-refractivity contribution in [2.24, 2.45) is 5.41 Å². The lowest BCUT2D eigenvalue weighted by molar-refractivity contribution is -0.145. The van der Waals surface area contributed by atoms with Crippen LogP contribution < -0.4 is 0 Å². The topological polar surface area (TPSA) is 29.5 Å². The molecule has 0 unspecified atom stereocenters. The van der Waals surface area contributed by atoms with Gasteiger partial charge in [0, 0.05) is 24.9 Å². The van der Waals surface area contributed by atoms with Gasteiger partial charge in [-0.2, -0.15) is 0 Å². The number of amides is 1. The molecule has 0 radical (unpaired) electrons. The molecule has 0 aromatic heterocycles. The Morgan fingerprint density at radius 1 is 1.32 bits per heavy atom. The van der Waals surface area contributed by atoms with E-state index in [2.05, 4.69) is 19.1 Å². The summed E-state index contributed by atoms with van der Waals surface area (Å²) in [6.07, 6.45) is 1.53. The minimum absolute atomic E-state index is 0.137. The highest BCUT2D eigenvalue weighted by molar-refractivity contribution is 5.76. The second kappa shape index (κ2) is 6.20. The van der Waals surface area contributed by atoms with Crippen LogP contribution in [0.4, 0.5) is 0 Å². The highest BCUT2D eigenvalue weighted by atomic mass is 16.5. The monoisotopic (exact) mass is 261 g/mol. The van der Waals surface area contributed by atoms with Gasteiger partial charge in [0.05, 0.1) is 13.2 Å². The number of carbonyl (C=O) groups is 1. The van der Waals surface area contributed by atoms with Crippen molar-refractivity contribution in [3.63, 3.8) is 0 Å². The molecule has 0 N–H and O–H groups in total. The van der Waals surface area contributed by atoms with E-state index in [-0.39, 0.29) is 11.3 Å². The molecule has 1 fully saturated rings. The zero-order chi connectivity index (χ0) is 13.7. The van der Waals surface area contributed by atoms with E-state index in [4.69, 9.17) is 4.74 Å². The molecule has 3 nitrogen and oxygen atoms in total. The number of benzene rings is 1. The van der Waals surface area contributed by atoms with Crippen LogP contribution in [0.5, 0.6) is 0 Å². The lowest BCUT2D eigenvalue weighted by Gasteiger charge is -2.42. The third-order valence-electron chi connectivity index (χ3n) is 3.51. The molecule has 3 heteroatoms. The maximum Gasteiger partial charge on any atom is 0.222 e. The molecule has 1 heterocycles. The number of hydrogen-bond acceptors (Lipinski definition) is 2. The Labute approximate surface area is 115 Å². The van der Waals surface area contributed by atoms with Crippen LogP contribution in [0, 0.1) is 5.41 Å². The van der Waals surface area contributed by atoms with E-state index < -0.39 is 0 Å². The molecule has 1 aromatic rings. The van der Waals surface area contributed by atoms with Crippen LogP contribution in [0.1, 0.15) is 32.3 Å². The third-order valence-corrected chi connectivity index (χ3v) is 3.51. The average Bonchev–Trinajstić information content (AvgIpc) is 2.37. The van der Waals surface area contributed by atoms with Crippen molar-refractivity contribution in [2.45, 2.75) is 33.2 Å². The molecule has 1 aromatic carbocycles. The van der Waals surface area contributed by atoms with E-state index in [0.29, 0.717) is 13.0 Å². The van der Waals surface area contributed by atoms with E-state index in [1.54, 1.807) is 0 Å². The molecule has 2 rings (SSSR count). The summed E-state index contributed by atoms with van der Waals surface area (Å²) in [5.74, 6) is 0.250. The number of ether oxygens (including phenoxy) is 1.